The van der Waals surface area contributed by atoms with Crippen molar-refractivity contribution in [1.29, 1.82) is 0 Å². The van der Waals surface area contributed by atoms with E-state index in [0.29, 0.717) is 30.4 Å². The normalized spacial score (nSPS) is 15.5. The third-order valence-corrected chi connectivity index (χ3v) is 4.48. The first-order valence-electron chi connectivity index (χ1n) is 8.66. The fraction of sp³-hybridized carbons (Fsp3) is 0.500. The van der Waals surface area contributed by atoms with Crippen molar-refractivity contribution in [3.8, 4) is 5.75 Å². The van der Waals surface area contributed by atoms with Crippen LogP contribution in [-0.2, 0) is 14.3 Å². The van der Waals surface area contributed by atoms with Gasteiger partial charge in [-0.25, -0.2) is 0 Å². The highest BCUT2D eigenvalue weighted by molar-refractivity contribution is 7.80. The number of esters is 1. The number of thiocarbonyl (C=S) groups is 1. The van der Waals surface area contributed by atoms with Crippen molar-refractivity contribution < 1.29 is 19.1 Å². The van der Waals surface area contributed by atoms with Crippen molar-refractivity contribution in [1.82, 2.24) is 10.6 Å². The highest BCUT2D eigenvalue weighted by Gasteiger charge is 2.31. The predicted octanol–water partition coefficient (Wildman–Crippen LogP) is 1.61. The number of rotatable bonds is 7. The molecule has 0 aromatic heterocycles. The highest BCUT2D eigenvalue weighted by atomic mass is 32.1. The van der Waals surface area contributed by atoms with E-state index in [9.17, 15) is 9.59 Å². The number of benzene rings is 1. The van der Waals surface area contributed by atoms with Gasteiger partial charge in [-0.1, -0.05) is 18.6 Å². The van der Waals surface area contributed by atoms with Gasteiger partial charge >= 0.3 is 5.97 Å². The molecule has 0 unspecified atom stereocenters. The molecular weight excluding hydrogens is 354 g/mol. The number of nitrogens with one attached hydrogen (secondary N) is 2. The zero-order valence-electron chi connectivity index (χ0n) is 15.1. The van der Waals surface area contributed by atoms with Crippen LogP contribution in [0.3, 0.4) is 0 Å². The molecule has 2 rings (SSSR count). The summed E-state index contributed by atoms with van der Waals surface area (Å²) in [5.74, 6) is 0.267. The van der Waals surface area contributed by atoms with Crippen LogP contribution < -0.4 is 20.3 Å². The number of unbranched alkanes of at least 4 members (excludes halogenated alkanes) is 2. The molecule has 8 heteroatoms. The van der Waals surface area contributed by atoms with Crippen LogP contribution in [0.4, 0.5) is 5.69 Å². The Morgan fingerprint density at radius 3 is 2.81 bits per heavy atom. The molecular formula is C18H25N3O4S. The lowest BCUT2D eigenvalue weighted by molar-refractivity contribution is -0.140. The van der Waals surface area contributed by atoms with Gasteiger partial charge in [0.1, 0.15) is 5.75 Å². The summed E-state index contributed by atoms with van der Waals surface area (Å²) < 4.78 is 10.4. The summed E-state index contributed by atoms with van der Waals surface area (Å²) in [7, 11) is 2.98. The second-order valence-electron chi connectivity index (χ2n) is 5.92. The van der Waals surface area contributed by atoms with Crippen molar-refractivity contribution in [2.75, 3.05) is 32.1 Å². The number of ether oxygens (including phenoxy) is 2. The van der Waals surface area contributed by atoms with Gasteiger partial charge in [0.05, 0.1) is 19.3 Å². The smallest absolute Gasteiger partial charge is 0.305 e. The molecule has 142 valence electrons. The van der Waals surface area contributed by atoms with E-state index in [-0.39, 0.29) is 11.9 Å². The zero-order chi connectivity index (χ0) is 18.9. The molecule has 0 spiro atoms. The molecule has 1 heterocycles. The number of amides is 1. The molecule has 2 N–H and O–H groups in total. The van der Waals surface area contributed by atoms with Crippen LogP contribution in [0, 0.1) is 0 Å². The van der Waals surface area contributed by atoms with Crippen LogP contribution in [0.5, 0.6) is 5.75 Å². The third kappa shape index (κ3) is 5.32. The Hall–Kier alpha value is -2.35. The Morgan fingerprint density at radius 1 is 1.31 bits per heavy atom. The monoisotopic (exact) mass is 379 g/mol. The minimum absolute atomic E-state index is 0.182. The van der Waals surface area contributed by atoms with E-state index in [1.165, 1.54) is 7.11 Å². The summed E-state index contributed by atoms with van der Waals surface area (Å²) in [4.78, 5) is 25.0. The summed E-state index contributed by atoms with van der Waals surface area (Å²) in [5, 5.41) is 6.40. The van der Waals surface area contributed by atoms with Crippen molar-refractivity contribution in [3.05, 3.63) is 24.3 Å². The largest absolute Gasteiger partial charge is 0.477 e. The molecule has 0 saturated heterocycles. The molecule has 0 saturated carbocycles. The average molecular weight is 379 g/mol. The third-order valence-electron chi connectivity index (χ3n) is 4.12. The van der Waals surface area contributed by atoms with Gasteiger partial charge in [-0.3, -0.25) is 9.59 Å². The van der Waals surface area contributed by atoms with Crippen molar-refractivity contribution in [3.63, 3.8) is 0 Å². The molecule has 1 amide bonds. The topological polar surface area (TPSA) is 79.9 Å². The summed E-state index contributed by atoms with van der Waals surface area (Å²) in [6.07, 6.45) is 2.41. The predicted molar refractivity (Wildman–Crippen MR) is 103 cm³/mol. The first kappa shape index (κ1) is 20.0. The number of nitrogens with zero attached hydrogens (tertiary/aromatic N) is 1. The number of hydrogen-bond donors (Lipinski definition) is 2. The molecule has 26 heavy (non-hydrogen) atoms. The van der Waals surface area contributed by atoms with E-state index < -0.39 is 6.10 Å². The number of carbonyl (C=O) groups excluding carboxylic acids is 2. The Balaban J connectivity index is 1.88. The number of para-hydroxylation sites is 2. The van der Waals surface area contributed by atoms with E-state index in [1.807, 2.05) is 29.2 Å². The van der Waals surface area contributed by atoms with Crippen LogP contribution >= 0.6 is 12.2 Å². The second kappa shape index (κ2) is 9.96. The summed E-state index contributed by atoms with van der Waals surface area (Å²) in [5.41, 5.74) is 0.843. The molecule has 1 aliphatic heterocycles. The van der Waals surface area contributed by atoms with E-state index in [2.05, 4.69) is 15.4 Å². The van der Waals surface area contributed by atoms with Crippen LogP contribution in [0.25, 0.3) is 0 Å². The lowest BCUT2D eigenvalue weighted by atomic mass is 10.2. The Kier molecular flexibility index (Phi) is 7.65. The van der Waals surface area contributed by atoms with E-state index >= 15 is 0 Å². The number of likely N-dealkylation sites (N-methyl/N-ethyl adjacent to an activating group) is 1. The molecule has 0 aliphatic carbocycles. The lowest BCUT2D eigenvalue weighted by Crippen LogP contribution is -2.52. The molecule has 1 atom stereocenters. The number of hydrogen-bond acceptors (Lipinski definition) is 5. The second-order valence-corrected chi connectivity index (χ2v) is 6.30. The van der Waals surface area contributed by atoms with Crippen molar-refractivity contribution >= 4 is 34.9 Å². The maximum absolute atomic E-state index is 12.0. The Morgan fingerprint density at radius 2 is 2.08 bits per heavy atom. The molecule has 1 aromatic carbocycles. The lowest BCUT2D eigenvalue weighted by Gasteiger charge is -2.35. The van der Waals surface area contributed by atoms with Gasteiger partial charge in [0, 0.05) is 20.0 Å². The highest BCUT2D eigenvalue weighted by Crippen LogP contribution is 2.33. The van der Waals surface area contributed by atoms with Gasteiger partial charge in [0.2, 0.25) is 0 Å². The summed E-state index contributed by atoms with van der Waals surface area (Å²) in [6.45, 7) is 1.05. The van der Waals surface area contributed by atoms with Gasteiger partial charge in [0.25, 0.3) is 5.91 Å². The van der Waals surface area contributed by atoms with E-state index in [1.54, 1.807) is 7.05 Å². The minimum Gasteiger partial charge on any atom is -0.477 e. The number of methoxy groups -OCH3 is 1. The van der Waals surface area contributed by atoms with Gasteiger partial charge < -0.3 is 25.0 Å². The average Bonchev–Trinajstić information content (AvgIpc) is 2.68. The minimum atomic E-state index is -0.616. The SMILES string of the molecule is CNC(=O)[C@H]1CN(C(=S)NCCCCCC(=O)OC)c2ccccc2O1. The zero-order valence-corrected chi connectivity index (χ0v) is 15.9. The quantitative estimate of drug-likeness (QED) is 0.423. The molecule has 1 aromatic rings. The molecule has 0 radical (unpaired) electrons. The fourth-order valence-corrected chi connectivity index (χ4v) is 2.96. The van der Waals surface area contributed by atoms with Gasteiger partial charge in [-0.2, -0.15) is 0 Å². The van der Waals surface area contributed by atoms with Gasteiger partial charge in [-0.15, -0.1) is 0 Å². The van der Waals surface area contributed by atoms with Gasteiger partial charge in [0.15, 0.2) is 11.2 Å². The number of anilines is 1. The molecule has 1 aliphatic rings. The van der Waals surface area contributed by atoms with Crippen LogP contribution in [0.2, 0.25) is 0 Å². The molecule has 0 fully saturated rings. The van der Waals surface area contributed by atoms with Crippen LogP contribution in [0.15, 0.2) is 24.3 Å². The fourth-order valence-electron chi connectivity index (χ4n) is 2.69. The van der Waals surface area contributed by atoms with Crippen molar-refractivity contribution in [2.45, 2.75) is 31.8 Å². The van der Waals surface area contributed by atoms with Gasteiger partial charge in [-0.05, 0) is 37.2 Å². The van der Waals surface area contributed by atoms with Crippen LogP contribution in [-0.4, -0.2) is 50.3 Å². The summed E-state index contributed by atoms with van der Waals surface area (Å²) >= 11 is 5.52. The maximum atomic E-state index is 12.0. The van der Waals surface area contributed by atoms with E-state index in [4.69, 9.17) is 17.0 Å². The Bertz CT molecular complexity index is 653. The number of carbonyl (C=O) groups is 2. The number of fused-ring (bicyclic) bond motifs is 1. The maximum Gasteiger partial charge on any atom is 0.305 e. The molecule has 7 nitrogen and oxygen atoms in total. The Labute approximate surface area is 159 Å². The first-order chi connectivity index (χ1) is 12.6. The van der Waals surface area contributed by atoms with E-state index in [0.717, 1.165) is 24.9 Å². The molecule has 0 bridgehead atoms. The standard InChI is InChI=1S/C18H25N3O4S/c1-19-17(23)15-12-21(13-8-5-6-9-14(13)25-15)18(26)20-11-7-3-4-10-16(22)24-2/h5-6,8-9,15H,3-4,7,10-12H2,1-2H3,(H,19,23)(H,20,26)/t15-/m1/s1. The van der Waals surface area contributed by atoms with Crippen LogP contribution in [0.1, 0.15) is 25.7 Å². The van der Waals surface area contributed by atoms with Crippen molar-refractivity contribution in [2.24, 2.45) is 0 Å². The summed E-state index contributed by atoms with van der Waals surface area (Å²) in [6, 6.07) is 7.51. The first-order valence-corrected chi connectivity index (χ1v) is 9.07.